The second-order valence-corrected chi connectivity index (χ2v) is 9.07. The number of halogens is 1. The Morgan fingerprint density at radius 1 is 1.21 bits per heavy atom. The van der Waals surface area contributed by atoms with Crippen molar-refractivity contribution < 1.29 is 14.0 Å². The number of nitrogens with one attached hydrogen (secondary N) is 2. The predicted molar refractivity (Wildman–Crippen MR) is 113 cm³/mol. The Bertz CT molecular complexity index is 812. The van der Waals surface area contributed by atoms with Gasteiger partial charge in [0.25, 0.3) is 0 Å². The van der Waals surface area contributed by atoms with E-state index in [1.54, 1.807) is 23.9 Å². The summed E-state index contributed by atoms with van der Waals surface area (Å²) < 4.78 is 13.0. The van der Waals surface area contributed by atoms with Gasteiger partial charge in [-0.15, -0.1) is 23.5 Å². The first-order valence-corrected chi connectivity index (χ1v) is 11.2. The first-order valence-electron chi connectivity index (χ1n) is 9.15. The minimum Gasteiger partial charge on any atom is -0.353 e. The molecular weight excluding hydrogens is 395 g/mol. The molecule has 3 rings (SSSR count). The number of thioether (sulfide) groups is 2. The van der Waals surface area contributed by atoms with Gasteiger partial charge >= 0.3 is 0 Å². The number of carbonyl (C=O) groups is 2. The molecule has 2 aromatic carbocycles. The number of amides is 2. The van der Waals surface area contributed by atoms with E-state index in [-0.39, 0.29) is 22.9 Å². The minimum atomic E-state index is -0.508. The molecule has 148 valence electrons. The Hall–Kier alpha value is -1.99. The van der Waals surface area contributed by atoms with Crippen molar-refractivity contribution in [2.75, 3.05) is 18.1 Å². The molecule has 0 bridgehead atoms. The summed E-state index contributed by atoms with van der Waals surface area (Å²) in [5.74, 6) is 0.728. The van der Waals surface area contributed by atoms with Gasteiger partial charge in [-0.1, -0.05) is 29.8 Å². The molecule has 1 aliphatic heterocycles. The van der Waals surface area contributed by atoms with Gasteiger partial charge in [-0.05, 0) is 43.2 Å². The maximum atomic E-state index is 13.0. The van der Waals surface area contributed by atoms with Crippen molar-refractivity contribution in [3.05, 3.63) is 65.5 Å². The van der Waals surface area contributed by atoms with Crippen LogP contribution >= 0.6 is 23.5 Å². The zero-order valence-corrected chi connectivity index (χ0v) is 17.2. The van der Waals surface area contributed by atoms with Crippen LogP contribution in [0.25, 0.3) is 0 Å². The maximum Gasteiger partial charge on any atom is 0.243 e. The van der Waals surface area contributed by atoms with Crippen molar-refractivity contribution >= 4 is 35.3 Å². The van der Waals surface area contributed by atoms with E-state index < -0.39 is 6.04 Å². The number of hydrogen-bond donors (Lipinski definition) is 2. The normalized spacial score (nSPS) is 19.1. The molecule has 1 heterocycles. The Balaban J connectivity index is 1.39. The molecule has 2 unspecified atom stereocenters. The van der Waals surface area contributed by atoms with E-state index in [2.05, 4.69) is 41.8 Å². The predicted octanol–water partition coefficient (Wildman–Crippen LogP) is 3.19. The Morgan fingerprint density at radius 2 is 1.93 bits per heavy atom. The van der Waals surface area contributed by atoms with Gasteiger partial charge in [0, 0.05) is 22.9 Å². The standard InChI is InChI=1S/C21H23FN2O2S2/c1-14-2-8-17(9-3-14)27-11-10-23-20(25)18-13-28-19(21(26)24-18)12-15-4-6-16(22)7-5-15/h2-9,18-19H,10-13H2,1H3,(H,23,25)(H,24,26). The third-order valence-corrected chi connectivity index (χ3v) is 6.74. The van der Waals surface area contributed by atoms with Crippen molar-refractivity contribution in [3.8, 4) is 0 Å². The Kier molecular flexibility index (Phi) is 7.39. The summed E-state index contributed by atoms with van der Waals surface area (Å²) in [6.45, 7) is 2.60. The zero-order chi connectivity index (χ0) is 19.9. The van der Waals surface area contributed by atoms with Gasteiger partial charge in [0.1, 0.15) is 11.9 Å². The summed E-state index contributed by atoms with van der Waals surface area (Å²) in [6.07, 6.45) is 0.526. The van der Waals surface area contributed by atoms with Crippen LogP contribution in [0, 0.1) is 12.7 Å². The molecule has 0 radical (unpaired) electrons. The summed E-state index contributed by atoms with van der Waals surface area (Å²) in [5, 5.41) is 5.45. The molecular formula is C21H23FN2O2S2. The summed E-state index contributed by atoms with van der Waals surface area (Å²) in [4.78, 5) is 25.8. The number of carbonyl (C=O) groups excluding carboxylic acids is 2. The van der Waals surface area contributed by atoms with Gasteiger partial charge in [0.05, 0.1) is 5.25 Å². The van der Waals surface area contributed by atoms with Crippen molar-refractivity contribution in [1.82, 2.24) is 10.6 Å². The fourth-order valence-corrected chi connectivity index (χ4v) is 4.78. The Labute approximate surface area is 173 Å². The van der Waals surface area contributed by atoms with Crippen LogP contribution in [0.4, 0.5) is 4.39 Å². The van der Waals surface area contributed by atoms with Gasteiger partial charge < -0.3 is 10.6 Å². The second kappa shape index (κ2) is 9.98. The highest BCUT2D eigenvalue weighted by atomic mass is 32.2. The van der Waals surface area contributed by atoms with Crippen LogP contribution in [0.2, 0.25) is 0 Å². The van der Waals surface area contributed by atoms with E-state index >= 15 is 0 Å². The number of aryl methyl sites for hydroxylation is 1. The highest BCUT2D eigenvalue weighted by Gasteiger charge is 2.32. The van der Waals surface area contributed by atoms with Gasteiger partial charge in [-0.25, -0.2) is 4.39 Å². The lowest BCUT2D eigenvalue weighted by Gasteiger charge is -2.28. The molecule has 1 fully saturated rings. The van der Waals surface area contributed by atoms with Crippen molar-refractivity contribution in [2.45, 2.75) is 29.5 Å². The van der Waals surface area contributed by atoms with Crippen LogP contribution in [-0.2, 0) is 16.0 Å². The van der Waals surface area contributed by atoms with Crippen LogP contribution in [0.15, 0.2) is 53.4 Å². The van der Waals surface area contributed by atoms with E-state index in [1.807, 2.05) is 0 Å². The maximum absolute atomic E-state index is 13.0. The van der Waals surface area contributed by atoms with E-state index in [0.29, 0.717) is 18.7 Å². The largest absolute Gasteiger partial charge is 0.353 e. The molecule has 2 atom stereocenters. The van der Waals surface area contributed by atoms with Crippen LogP contribution in [0.3, 0.4) is 0 Å². The molecule has 7 heteroatoms. The molecule has 0 aromatic heterocycles. The average Bonchev–Trinajstić information content (AvgIpc) is 2.69. The lowest BCUT2D eigenvalue weighted by molar-refractivity contribution is -0.128. The summed E-state index contributed by atoms with van der Waals surface area (Å²) in [5.41, 5.74) is 2.13. The lowest BCUT2D eigenvalue weighted by Crippen LogP contribution is -2.54. The number of hydrogen-bond acceptors (Lipinski definition) is 4. The van der Waals surface area contributed by atoms with Crippen molar-refractivity contribution in [1.29, 1.82) is 0 Å². The average molecular weight is 419 g/mol. The van der Waals surface area contributed by atoms with Gasteiger partial charge in [-0.2, -0.15) is 0 Å². The van der Waals surface area contributed by atoms with Gasteiger partial charge in [-0.3, -0.25) is 9.59 Å². The molecule has 0 saturated carbocycles. The molecule has 2 aromatic rings. The van der Waals surface area contributed by atoms with Crippen LogP contribution < -0.4 is 10.6 Å². The smallest absolute Gasteiger partial charge is 0.243 e. The van der Waals surface area contributed by atoms with Crippen LogP contribution in [0.5, 0.6) is 0 Å². The molecule has 1 aliphatic rings. The highest BCUT2D eigenvalue weighted by molar-refractivity contribution is 8.00. The van der Waals surface area contributed by atoms with E-state index in [4.69, 9.17) is 0 Å². The fraction of sp³-hybridized carbons (Fsp3) is 0.333. The first-order chi connectivity index (χ1) is 13.5. The fourth-order valence-electron chi connectivity index (χ4n) is 2.82. The third-order valence-electron chi connectivity index (χ3n) is 4.41. The molecule has 0 spiro atoms. The SMILES string of the molecule is Cc1ccc(SCCNC(=O)C2CSC(Cc3ccc(F)cc3)C(=O)N2)cc1. The quantitative estimate of drug-likeness (QED) is 0.536. The van der Waals surface area contributed by atoms with Crippen molar-refractivity contribution in [2.24, 2.45) is 0 Å². The third kappa shape index (κ3) is 6.01. The molecule has 4 nitrogen and oxygen atoms in total. The van der Waals surface area contributed by atoms with Gasteiger partial charge in [0.2, 0.25) is 11.8 Å². The summed E-state index contributed by atoms with van der Waals surface area (Å²) in [7, 11) is 0. The van der Waals surface area contributed by atoms with Crippen LogP contribution in [0.1, 0.15) is 11.1 Å². The highest BCUT2D eigenvalue weighted by Crippen LogP contribution is 2.22. The second-order valence-electron chi connectivity index (χ2n) is 6.67. The lowest BCUT2D eigenvalue weighted by atomic mass is 10.1. The minimum absolute atomic E-state index is 0.144. The van der Waals surface area contributed by atoms with E-state index in [9.17, 15) is 14.0 Å². The number of rotatable bonds is 7. The molecule has 2 amide bonds. The van der Waals surface area contributed by atoms with Gasteiger partial charge in [0.15, 0.2) is 0 Å². The topological polar surface area (TPSA) is 58.2 Å². The van der Waals surface area contributed by atoms with E-state index in [0.717, 1.165) is 11.3 Å². The molecule has 0 aliphatic carbocycles. The van der Waals surface area contributed by atoms with E-state index in [1.165, 1.54) is 34.4 Å². The summed E-state index contributed by atoms with van der Waals surface area (Å²) >= 11 is 3.16. The summed E-state index contributed by atoms with van der Waals surface area (Å²) in [6, 6.07) is 13.9. The van der Waals surface area contributed by atoms with Crippen LogP contribution in [-0.4, -0.2) is 41.2 Å². The molecule has 1 saturated heterocycles. The number of benzene rings is 2. The Morgan fingerprint density at radius 3 is 2.61 bits per heavy atom. The monoisotopic (exact) mass is 418 g/mol. The molecule has 2 N–H and O–H groups in total. The zero-order valence-electron chi connectivity index (χ0n) is 15.6. The van der Waals surface area contributed by atoms with Crippen molar-refractivity contribution in [3.63, 3.8) is 0 Å². The first kappa shape index (κ1) is 20.7. The molecule has 28 heavy (non-hydrogen) atoms.